The largest absolute Gasteiger partial charge is 0.325 e. The molecular weight excluding hydrogens is 345 g/mol. The van der Waals surface area contributed by atoms with Gasteiger partial charge in [0.2, 0.25) is 0 Å². The Labute approximate surface area is 141 Å². The van der Waals surface area contributed by atoms with Crippen LogP contribution in [0.15, 0.2) is 41.2 Å². The molecule has 110 valence electrons. The molecular formula is C14H13Cl2N3S2. The molecule has 1 aromatic carbocycles. The van der Waals surface area contributed by atoms with E-state index in [1.165, 1.54) is 4.24 Å². The van der Waals surface area contributed by atoms with Gasteiger partial charge in [-0.15, -0.1) is 23.5 Å². The molecule has 0 saturated carbocycles. The standard InChI is InChI=1S/C14H13Cl2N3S2/c15-9-1-2-10(11(16)5-9)13-7-20-14(21-13)12(6-17)19-4-3-18-8-19/h1-5,8,13H,6-7,17H2/b14-12+. The Hall–Kier alpha value is -0.590. The average molecular weight is 358 g/mol. The second kappa shape index (κ2) is 6.67. The van der Waals surface area contributed by atoms with E-state index in [4.69, 9.17) is 28.9 Å². The quantitative estimate of drug-likeness (QED) is 0.878. The van der Waals surface area contributed by atoms with Gasteiger partial charge in [0.15, 0.2) is 0 Å². The molecule has 2 aromatic rings. The van der Waals surface area contributed by atoms with Crippen molar-refractivity contribution in [1.29, 1.82) is 0 Å². The van der Waals surface area contributed by atoms with Crippen LogP contribution < -0.4 is 5.73 Å². The Bertz CT molecular complexity index is 671. The topological polar surface area (TPSA) is 43.8 Å². The van der Waals surface area contributed by atoms with Gasteiger partial charge < -0.3 is 10.3 Å². The van der Waals surface area contributed by atoms with Crippen molar-refractivity contribution < 1.29 is 0 Å². The van der Waals surface area contributed by atoms with Gasteiger partial charge in [-0.05, 0) is 17.7 Å². The number of nitrogens with two attached hydrogens (primary N) is 1. The smallest absolute Gasteiger partial charge is 0.0990 e. The first-order chi connectivity index (χ1) is 10.2. The highest BCUT2D eigenvalue weighted by Gasteiger charge is 2.27. The molecule has 1 fully saturated rings. The van der Waals surface area contributed by atoms with E-state index >= 15 is 0 Å². The lowest BCUT2D eigenvalue weighted by Gasteiger charge is -2.12. The van der Waals surface area contributed by atoms with Crippen molar-refractivity contribution in [2.45, 2.75) is 5.25 Å². The number of rotatable bonds is 3. The number of thioether (sulfide) groups is 2. The summed E-state index contributed by atoms with van der Waals surface area (Å²) in [7, 11) is 0. The van der Waals surface area contributed by atoms with Crippen molar-refractivity contribution in [2.75, 3.05) is 12.3 Å². The van der Waals surface area contributed by atoms with E-state index in [0.717, 1.165) is 22.0 Å². The van der Waals surface area contributed by atoms with E-state index < -0.39 is 0 Å². The number of hydrogen-bond donors (Lipinski definition) is 1. The molecule has 0 amide bonds. The molecule has 21 heavy (non-hydrogen) atoms. The van der Waals surface area contributed by atoms with Crippen molar-refractivity contribution in [2.24, 2.45) is 5.73 Å². The van der Waals surface area contributed by atoms with Crippen molar-refractivity contribution in [1.82, 2.24) is 9.55 Å². The van der Waals surface area contributed by atoms with Crippen molar-refractivity contribution >= 4 is 52.4 Å². The predicted octanol–water partition coefficient (Wildman–Crippen LogP) is 4.50. The monoisotopic (exact) mass is 357 g/mol. The van der Waals surface area contributed by atoms with E-state index in [0.29, 0.717) is 16.8 Å². The highest BCUT2D eigenvalue weighted by atomic mass is 35.5. The van der Waals surface area contributed by atoms with Crippen molar-refractivity contribution in [3.63, 3.8) is 0 Å². The summed E-state index contributed by atoms with van der Waals surface area (Å²) in [5.41, 5.74) is 8.10. The first kappa shape index (κ1) is 15.3. The number of halogens is 2. The molecule has 0 spiro atoms. The Morgan fingerprint density at radius 1 is 1.43 bits per heavy atom. The molecule has 1 aliphatic rings. The third-order valence-corrected chi connectivity index (χ3v) is 6.74. The maximum Gasteiger partial charge on any atom is 0.0990 e. The number of aromatic nitrogens is 2. The SMILES string of the molecule is NC/C(=C1/SCC(c2ccc(Cl)cc2Cl)S1)n1ccnc1. The average Bonchev–Trinajstić information content (AvgIpc) is 3.12. The van der Waals surface area contributed by atoms with Crippen molar-refractivity contribution in [3.05, 3.63) is 56.8 Å². The molecule has 1 aliphatic heterocycles. The minimum Gasteiger partial charge on any atom is -0.325 e. The molecule has 7 heteroatoms. The fourth-order valence-corrected chi connectivity index (χ4v) is 5.79. The van der Waals surface area contributed by atoms with E-state index in [-0.39, 0.29) is 0 Å². The van der Waals surface area contributed by atoms with Gasteiger partial charge in [-0.25, -0.2) is 4.98 Å². The normalized spacial score (nSPS) is 20.8. The molecule has 1 unspecified atom stereocenters. The first-order valence-corrected chi connectivity index (χ1v) is 8.97. The lowest BCUT2D eigenvalue weighted by atomic mass is 10.2. The summed E-state index contributed by atoms with van der Waals surface area (Å²) < 4.78 is 3.20. The van der Waals surface area contributed by atoms with Crippen LogP contribution in [0.2, 0.25) is 10.0 Å². The minimum absolute atomic E-state index is 0.319. The molecule has 0 radical (unpaired) electrons. The Kier molecular flexibility index (Phi) is 4.86. The molecule has 3 nitrogen and oxygen atoms in total. The zero-order valence-corrected chi connectivity index (χ0v) is 14.1. The first-order valence-electron chi connectivity index (χ1n) is 6.35. The summed E-state index contributed by atoms with van der Waals surface area (Å²) in [6.07, 6.45) is 5.45. The van der Waals surface area contributed by atoms with Gasteiger partial charge in [-0.3, -0.25) is 0 Å². The van der Waals surface area contributed by atoms with Gasteiger partial charge in [-0.1, -0.05) is 29.3 Å². The van der Waals surface area contributed by atoms with Crippen LogP contribution in [-0.4, -0.2) is 21.8 Å². The summed E-state index contributed by atoms with van der Waals surface area (Å²) >= 11 is 15.9. The van der Waals surface area contributed by atoms with Gasteiger partial charge >= 0.3 is 0 Å². The van der Waals surface area contributed by atoms with Gasteiger partial charge in [-0.2, -0.15) is 0 Å². The van der Waals surface area contributed by atoms with Crippen LogP contribution in [0, 0.1) is 0 Å². The number of imidazole rings is 1. The molecule has 0 bridgehead atoms. The highest BCUT2D eigenvalue weighted by Crippen LogP contribution is 2.53. The lowest BCUT2D eigenvalue weighted by Crippen LogP contribution is -2.08. The van der Waals surface area contributed by atoms with Crippen LogP contribution in [0.5, 0.6) is 0 Å². The maximum absolute atomic E-state index is 6.31. The van der Waals surface area contributed by atoms with E-state index in [9.17, 15) is 0 Å². The number of hydrogen-bond acceptors (Lipinski definition) is 4. The highest BCUT2D eigenvalue weighted by molar-refractivity contribution is 8.25. The van der Waals surface area contributed by atoms with Gasteiger partial charge in [0.25, 0.3) is 0 Å². The Morgan fingerprint density at radius 2 is 2.29 bits per heavy atom. The van der Waals surface area contributed by atoms with Crippen LogP contribution in [0.4, 0.5) is 0 Å². The fraction of sp³-hybridized carbons (Fsp3) is 0.214. The summed E-state index contributed by atoms with van der Waals surface area (Å²) in [5.74, 6) is 0.972. The number of nitrogens with zero attached hydrogens (tertiary/aromatic N) is 2. The van der Waals surface area contributed by atoms with Crippen molar-refractivity contribution in [3.8, 4) is 0 Å². The third kappa shape index (κ3) is 3.27. The van der Waals surface area contributed by atoms with Crippen LogP contribution in [-0.2, 0) is 0 Å². The predicted molar refractivity (Wildman–Crippen MR) is 93.7 cm³/mol. The maximum atomic E-state index is 6.31. The third-order valence-electron chi connectivity index (χ3n) is 3.17. The number of benzene rings is 1. The zero-order chi connectivity index (χ0) is 14.8. The lowest BCUT2D eigenvalue weighted by molar-refractivity contribution is 1.03. The molecule has 1 atom stereocenters. The molecule has 2 N–H and O–H groups in total. The van der Waals surface area contributed by atoms with Crippen LogP contribution >= 0.6 is 46.7 Å². The minimum atomic E-state index is 0.319. The fourth-order valence-electron chi connectivity index (χ4n) is 2.13. The van der Waals surface area contributed by atoms with E-state index in [1.807, 2.05) is 34.7 Å². The zero-order valence-electron chi connectivity index (χ0n) is 11.0. The summed E-state index contributed by atoms with van der Waals surface area (Å²) in [6.45, 7) is 0.479. The summed E-state index contributed by atoms with van der Waals surface area (Å²) in [6, 6.07) is 5.69. The van der Waals surface area contributed by atoms with Crippen LogP contribution in [0.25, 0.3) is 5.70 Å². The van der Waals surface area contributed by atoms with E-state index in [1.54, 1.807) is 30.4 Å². The molecule has 3 rings (SSSR count). The second-order valence-corrected chi connectivity index (χ2v) is 7.84. The molecule has 1 aromatic heterocycles. The molecule has 2 heterocycles. The Morgan fingerprint density at radius 3 is 2.95 bits per heavy atom. The summed E-state index contributed by atoms with van der Waals surface area (Å²) in [5, 5.41) is 1.70. The second-order valence-electron chi connectivity index (χ2n) is 4.49. The van der Waals surface area contributed by atoms with Crippen LogP contribution in [0.1, 0.15) is 10.8 Å². The van der Waals surface area contributed by atoms with Gasteiger partial charge in [0.1, 0.15) is 0 Å². The van der Waals surface area contributed by atoms with E-state index in [2.05, 4.69) is 4.98 Å². The summed E-state index contributed by atoms with van der Waals surface area (Å²) in [4.78, 5) is 4.08. The molecule has 0 aliphatic carbocycles. The molecule has 1 saturated heterocycles. The van der Waals surface area contributed by atoms with Gasteiger partial charge in [0.05, 0.1) is 16.3 Å². The van der Waals surface area contributed by atoms with Gasteiger partial charge in [0, 0.05) is 40.0 Å². The Balaban J connectivity index is 1.88. The van der Waals surface area contributed by atoms with Crippen LogP contribution in [0.3, 0.4) is 0 Å².